The molecule has 0 saturated heterocycles. The van der Waals surface area contributed by atoms with Gasteiger partial charge in [-0.05, 0) is 35.4 Å². The third-order valence-electron chi connectivity index (χ3n) is 4.28. The molecule has 0 atom stereocenters. The summed E-state index contributed by atoms with van der Waals surface area (Å²) >= 11 is 0. The van der Waals surface area contributed by atoms with Crippen LogP contribution in [0.4, 0.5) is 4.39 Å². The zero-order valence-corrected chi connectivity index (χ0v) is 14.1. The molecule has 1 aromatic carbocycles. The van der Waals surface area contributed by atoms with Crippen LogP contribution in [0.3, 0.4) is 0 Å². The number of ether oxygens (including phenoxy) is 1. The Morgan fingerprint density at radius 3 is 2.65 bits per heavy atom. The molecule has 0 unspecified atom stereocenters. The Balaban J connectivity index is 1.78. The standard InChI is InChI=1S/C20H16FN3O2/c1-26-20-8-6-13(9-22-20)18-11-24-10-14(5-7-19(24)23-18)15-3-2-4-17(21)16(15)12-25/h2-11,25H,12H2,1H3. The van der Waals surface area contributed by atoms with Gasteiger partial charge in [-0.2, -0.15) is 0 Å². The number of nitrogens with zero attached hydrogens (tertiary/aromatic N) is 3. The number of aliphatic hydroxyl groups is 1. The third kappa shape index (κ3) is 2.80. The lowest BCUT2D eigenvalue weighted by molar-refractivity contribution is 0.276. The van der Waals surface area contributed by atoms with Gasteiger partial charge < -0.3 is 14.2 Å². The maximum absolute atomic E-state index is 13.9. The lowest BCUT2D eigenvalue weighted by Crippen LogP contribution is -1.95. The maximum Gasteiger partial charge on any atom is 0.212 e. The number of benzene rings is 1. The maximum atomic E-state index is 13.9. The van der Waals surface area contributed by atoms with Crippen molar-refractivity contribution in [3.8, 4) is 28.3 Å². The highest BCUT2D eigenvalue weighted by Crippen LogP contribution is 2.27. The van der Waals surface area contributed by atoms with E-state index in [1.165, 1.54) is 6.07 Å². The summed E-state index contributed by atoms with van der Waals surface area (Å²) in [7, 11) is 1.57. The third-order valence-corrected chi connectivity index (χ3v) is 4.28. The molecule has 0 aliphatic rings. The number of hydrogen-bond acceptors (Lipinski definition) is 4. The molecule has 5 nitrogen and oxygen atoms in total. The highest BCUT2D eigenvalue weighted by molar-refractivity contribution is 5.70. The molecule has 0 saturated carbocycles. The first-order valence-electron chi connectivity index (χ1n) is 8.07. The lowest BCUT2D eigenvalue weighted by atomic mass is 10.0. The summed E-state index contributed by atoms with van der Waals surface area (Å²) in [4.78, 5) is 8.79. The van der Waals surface area contributed by atoms with E-state index in [-0.39, 0.29) is 12.2 Å². The number of fused-ring (bicyclic) bond motifs is 1. The minimum Gasteiger partial charge on any atom is -0.481 e. The Hall–Kier alpha value is -3.25. The van der Waals surface area contributed by atoms with Crippen LogP contribution < -0.4 is 4.74 Å². The molecule has 3 aromatic heterocycles. The molecule has 0 aliphatic carbocycles. The van der Waals surface area contributed by atoms with E-state index in [2.05, 4.69) is 9.97 Å². The van der Waals surface area contributed by atoms with Gasteiger partial charge in [0.15, 0.2) is 0 Å². The Morgan fingerprint density at radius 2 is 1.92 bits per heavy atom. The van der Waals surface area contributed by atoms with Gasteiger partial charge in [0.2, 0.25) is 5.88 Å². The van der Waals surface area contributed by atoms with Crippen LogP contribution in [0.15, 0.2) is 61.1 Å². The van der Waals surface area contributed by atoms with Crippen LogP contribution >= 0.6 is 0 Å². The first-order chi connectivity index (χ1) is 12.7. The molecule has 1 N–H and O–H groups in total. The summed E-state index contributed by atoms with van der Waals surface area (Å²) in [6.07, 6.45) is 5.47. The lowest BCUT2D eigenvalue weighted by Gasteiger charge is -2.09. The smallest absolute Gasteiger partial charge is 0.212 e. The summed E-state index contributed by atoms with van der Waals surface area (Å²) in [5, 5.41) is 9.49. The molecule has 4 aromatic rings. The highest BCUT2D eigenvalue weighted by atomic mass is 19.1. The van der Waals surface area contributed by atoms with Gasteiger partial charge in [-0.15, -0.1) is 0 Å². The summed E-state index contributed by atoms with van der Waals surface area (Å²) in [6.45, 7) is -0.354. The van der Waals surface area contributed by atoms with Crippen LogP contribution in [-0.4, -0.2) is 26.6 Å². The molecule has 130 valence electrons. The van der Waals surface area contributed by atoms with E-state index in [9.17, 15) is 9.50 Å². The fourth-order valence-corrected chi connectivity index (χ4v) is 2.93. The second-order valence-electron chi connectivity index (χ2n) is 5.82. The Labute approximate surface area is 149 Å². The fraction of sp³-hybridized carbons (Fsp3) is 0.100. The minimum atomic E-state index is -0.416. The summed E-state index contributed by atoms with van der Waals surface area (Å²) < 4.78 is 20.9. The van der Waals surface area contributed by atoms with Gasteiger partial charge in [0.05, 0.1) is 19.4 Å². The molecular formula is C20H16FN3O2. The van der Waals surface area contributed by atoms with Gasteiger partial charge in [-0.25, -0.2) is 14.4 Å². The SMILES string of the molecule is COc1ccc(-c2cn3cc(-c4cccc(F)c4CO)ccc3n2)cn1. The molecule has 0 spiro atoms. The van der Waals surface area contributed by atoms with Crippen LogP contribution in [0, 0.1) is 5.82 Å². The number of pyridine rings is 2. The number of rotatable bonds is 4. The van der Waals surface area contributed by atoms with E-state index >= 15 is 0 Å². The first-order valence-corrected chi connectivity index (χ1v) is 8.07. The van der Waals surface area contributed by atoms with Gasteiger partial charge in [0.1, 0.15) is 11.5 Å². The van der Waals surface area contributed by atoms with E-state index in [1.54, 1.807) is 31.5 Å². The minimum absolute atomic E-state index is 0.284. The number of methoxy groups -OCH3 is 1. The summed E-state index contributed by atoms with van der Waals surface area (Å²) in [5.41, 5.74) is 4.17. The first kappa shape index (κ1) is 16.2. The van der Waals surface area contributed by atoms with Gasteiger partial charge >= 0.3 is 0 Å². The van der Waals surface area contributed by atoms with Crippen LogP contribution in [0.5, 0.6) is 5.88 Å². The largest absolute Gasteiger partial charge is 0.481 e. The van der Waals surface area contributed by atoms with E-state index < -0.39 is 5.82 Å². The van der Waals surface area contributed by atoms with Crippen molar-refractivity contribution < 1.29 is 14.2 Å². The van der Waals surface area contributed by atoms with Crippen molar-refractivity contribution in [2.75, 3.05) is 7.11 Å². The van der Waals surface area contributed by atoms with Crippen LogP contribution in [0.2, 0.25) is 0 Å². The van der Waals surface area contributed by atoms with Crippen LogP contribution in [0.1, 0.15) is 5.56 Å². The Bertz CT molecular complexity index is 1070. The molecule has 3 heterocycles. The van der Waals surface area contributed by atoms with Crippen molar-refractivity contribution in [1.29, 1.82) is 0 Å². The van der Waals surface area contributed by atoms with Gasteiger partial charge in [-0.1, -0.05) is 12.1 Å². The number of aliphatic hydroxyl groups excluding tert-OH is 1. The van der Waals surface area contributed by atoms with Crippen molar-refractivity contribution in [2.45, 2.75) is 6.61 Å². The molecule has 0 amide bonds. The predicted molar refractivity (Wildman–Crippen MR) is 96.3 cm³/mol. The van der Waals surface area contributed by atoms with Gasteiger partial charge in [-0.3, -0.25) is 0 Å². The number of halogens is 1. The molecule has 0 fully saturated rings. The van der Waals surface area contributed by atoms with E-state index in [0.29, 0.717) is 11.4 Å². The van der Waals surface area contributed by atoms with Gasteiger partial charge in [0, 0.05) is 35.8 Å². The molecule has 0 bridgehead atoms. The van der Waals surface area contributed by atoms with Gasteiger partial charge in [0.25, 0.3) is 0 Å². The van der Waals surface area contributed by atoms with E-state index in [0.717, 1.165) is 22.5 Å². The van der Waals surface area contributed by atoms with Crippen molar-refractivity contribution in [1.82, 2.24) is 14.4 Å². The van der Waals surface area contributed by atoms with E-state index in [1.807, 2.05) is 35.0 Å². The number of imidazole rings is 1. The molecule has 0 aliphatic heterocycles. The van der Waals surface area contributed by atoms with E-state index in [4.69, 9.17) is 4.74 Å². The van der Waals surface area contributed by atoms with Crippen LogP contribution in [-0.2, 0) is 6.61 Å². The predicted octanol–water partition coefficient (Wildman–Crippen LogP) is 3.70. The van der Waals surface area contributed by atoms with Crippen molar-refractivity contribution in [3.05, 3.63) is 72.4 Å². The highest BCUT2D eigenvalue weighted by Gasteiger charge is 2.11. The summed E-state index contributed by atoms with van der Waals surface area (Å²) in [6, 6.07) is 12.2. The molecule has 6 heteroatoms. The molecule has 26 heavy (non-hydrogen) atoms. The topological polar surface area (TPSA) is 59.7 Å². The monoisotopic (exact) mass is 349 g/mol. The Kier molecular flexibility index (Phi) is 4.10. The summed E-state index contributed by atoms with van der Waals surface area (Å²) in [5.74, 6) is 0.128. The second-order valence-corrected chi connectivity index (χ2v) is 5.82. The van der Waals surface area contributed by atoms with Crippen molar-refractivity contribution in [3.63, 3.8) is 0 Å². The second kappa shape index (κ2) is 6.57. The average Bonchev–Trinajstić information content (AvgIpc) is 3.11. The fourth-order valence-electron chi connectivity index (χ4n) is 2.93. The normalized spacial score (nSPS) is 11.0. The Morgan fingerprint density at radius 1 is 1.08 bits per heavy atom. The van der Waals surface area contributed by atoms with Crippen molar-refractivity contribution in [2.24, 2.45) is 0 Å². The zero-order chi connectivity index (χ0) is 18.1. The van der Waals surface area contributed by atoms with Crippen molar-refractivity contribution >= 4 is 5.65 Å². The number of aromatic nitrogens is 3. The molecule has 0 radical (unpaired) electrons. The average molecular weight is 349 g/mol. The molecular weight excluding hydrogens is 333 g/mol. The zero-order valence-electron chi connectivity index (χ0n) is 14.1. The number of hydrogen-bond donors (Lipinski definition) is 1. The molecule has 4 rings (SSSR count). The quantitative estimate of drug-likeness (QED) is 0.610. The van der Waals surface area contributed by atoms with Crippen LogP contribution in [0.25, 0.3) is 28.0 Å².